The first-order valence-corrected chi connectivity index (χ1v) is 6.84. The smallest absolute Gasteiger partial charge is 0.323 e. The first kappa shape index (κ1) is 14.4. The molecule has 0 aromatic heterocycles. The van der Waals surface area contributed by atoms with E-state index in [4.69, 9.17) is 9.84 Å². The Morgan fingerprint density at radius 1 is 1.30 bits per heavy atom. The number of ether oxygens (including phenoxy) is 1. The van der Waals surface area contributed by atoms with Gasteiger partial charge in [0.15, 0.2) is 0 Å². The van der Waals surface area contributed by atoms with Crippen LogP contribution in [-0.2, 0) is 4.79 Å². The first-order valence-electron chi connectivity index (χ1n) is 6.84. The van der Waals surface area contributed by atoms with Gasteiger partial charge in [-0.1, -0.05) is 0 Å². The van der Waals surface area contributed by atoms with E-state index in [0.29, 0.717) is 30.4 Å². The van der Waals surface area contributed by atoms with Gasteiger partial charge in [0.1, 0.15) is 12.3 Å². The van der Waals surface area contributed by atoms with E-state index in [9.17, 15) is 9.59 Å². The average Bonchev–Trinajstić information content (AvgIpc) is 3.22. The molecule has 1 fully saturated rings. The zero-order valence-corrected chi connectivity index (χ0v) is 11.5. The summed E-state index contributed by atoms with van der Waals surface area (Å²) >= 11 is 0. The molecule has 108 valence electrons. The van der Waals surface area contributed by atoms with Gasteiger partial charge in [0.05, 0.1) is 6.61 Å². The van der Waals surface area contributed by atoms with E-state index in [0.717, 1.165) is 12.8 Å². The molecule has 0 saturated heterocycles. The van der Waals surface area contributed by atoms with E-state index in [2.05, 4.69) is 0 Å². The summed E-state index contributed by atoms with van der Waals surface area (Å²) < 4.78 is 5.32. The highest BCUT2D eigenvalue weighted by atomic mass is 16.5. The summed E-state index contributed by atoms with van der Waals surface area (Å²) in [6, 6.07) is 6.81. The van der Waals surface area contributed by atoms with Crippen LogP contribution in [0.5, 0.6) is 5.75 Å². The predicted molar refractivity (Wildman–Crippen MR) is 73.9 cm³/mol. The minimum atomic E-state index is -0.982. The standard InChI is InChI=1S/C15H19NO4/c1-2-20-13-7-5-12(6-8-13)15(19)16(10-14(17)18)9-11-3-4-11/h5-8,11H,2-4,9-10H2,1H3,(H,17,18). The van der Waals surface area contributed by atoms with Gasteiger partial charge in [-0.3, -0.25) is 9.59 Å². The molecule has 0 spiro atoms. The highest BCUT2D eigenvalue weighted by Gasteiger charge is 2.28. The second-order valence-corrected chi connectivity index (χ2v) is 4.98. The van der Waals surface area contributed by atoms with Crippen LogP contribution in [0.2, 0.25) is 0 Å². The Balaban J connectivity index is 2.06. The molecule has 1 aromatic carbocycles. The Morgan fingerprint density at radius 2 is 1.95 bits per heavy atom. The molecule has 1 aromatic rings. The van der Waals surface area contributed by atoms with Gasteiger partial charge in [0, 0.05) is 12.1 Å². The van der Waals surface area contributed by atoms with Crippen LogP contribution in [0.1, 0.15) is 30.1 Å². The lowest BCUT2D eigenvalue weighted by Gasteiger charge is -2.20. The molecule has 0 bridgehead atoms. The topological polar surface area (TPSA) is 66.8 Å². The highest BCUT2D eigenvalue weighted by Crippen LogP contribution is 2.30. The lowest BCUT2D eigenvalue weighted by Crippen LogP contribution is -2.37. The minimum Gasteiger partial charge on any atom is -0.494 e. The number of amides is 1. The van der Waals surface area contributed by atoms with Crippen molar-refractivity contribution in [2.45, 2.75) is 19.8 Å². The summed E-state index contributed by atoms with van der Waals surface area (Å²) in [4.78, 5) is 24.6. The summed E-state index contributed by atoms with van der Waals surface area (Å²) in [5.41, 5.74) is 0.496. The molecule has 0 unspecified atom stereocenters. The van der Waals surface area contributed by atoms with Gasteiger partial charge >= 0.3 is 5.97 Å². The summed E-state index contributed by atoms with van der Waals surface area (Å²) in [5, 5.41) is 8.91. The molecule has 1 saturated carbocycles. The van der Waals surface area contributed by atoms with Crippen LogP contribution in [0, 0.1) is 5.92 Å². The van der Waals surface area contributed by atoms with Gasteiger partial charge in [0.25, 0.3) is 5.91 Å². The molecule has 1 N–H and O–H groups in total. The van der Waals surface area contributed by atoms with Crippen LogP contribution >= 0.6 is 0 Å². The third-order valence-electron chi connectivity index (χ3n) is 3.20. The number of benzene rings is 1. The number of aliphatic carboxylic acids is 1. The highest BCUT2D eigenvalue weighted by molar-refractivity contribution is 5.96. The van der Waals surface area contributed by atoms with Crippen molar-refractivity contribution in [1.82, 2.24) is 4.90 Å². The average molecular weight is 277 g/mol. The molecular weight excluding hydrogens is 258 g/mol. The van der Waals surface area contributed by atoms with Crippen molar-refractivity contribution in [3.63, 3.8) is 0 Å². The van der Waals surface area contributed by atoms with Crippen molar-refractivity contribution in [1.29, 1.82) is 0 Å². The zero-order valence-electron chi connectivity index (χ0n) is 11.5. The molecule has 1 aliphatic rings. The van der Waals surface area contributed by atoms with E-state index < -0.39 is 5.97 Å². The predicted octanol–water partition coefficient (Wildman–Crippen LogP) is 2.02. The number of nitrogens with zero attached hydrogens (tertiary/aromatic N) is 1. The first-order chi connectivity index (χ1) is 9.60. The fourth-order valence-corrected chi connectivity index (χ4v) is 2.04. The second-order valence-electron chi connectivity index (χ2n) is 4.98. The zero-order chi connectivity index (χ0) is 14.5. The quantitative estimate of drug-likeness (QED) is 0.828. The van der Waals surface area contributed by atoms with Crippen LogP contribution in [0.3, 0.4) is 0 Å². The Bertz CT molecular complexity index is 479. The lowest BCUT2D eigenvalue weighted by atomic mass is 10.2. The Hall–Kier alpha value is -2.04. The SMILES string of the molecule is CCOc1ccc(C(=O)N(CC(=O)O)CC2CC2)cc1. The van der Waals surface area contributed by atoms with Gasteiger partial charge in [-0.15, -0.1) is 0 Å². The third kappa shape index (κ3) is 3.98. The lowest BCUT2D eigenvalue weighted by molar-refractivity contribution is -0.137. The summed E-state index contributed by atoms with van der Waals surface area (Å²) in [5.74, 6) is -0.0516. The molecule has 20 heavy (non-hydrogen) atoms. The fraction of sp³-hybridized carbons (Fsp3) is 0.467. The van der Waals surface area contributed by atoms with Crippen molar-refractivity contribution in [2.24, 2.45) is 5.92 Å². The molecule has 0 aliphatic heterocycles. The molecule has 1 aliphatic carbocycles. The summed E-state index contributed by atoms with van der Waals surface area (Å²) in [7, 11) is 0. The van der Waals surface area contributed by atoms with E-state index in [1.165, 1.54) is 4.90 Å². The number of carboxylic acid groups (broad SMARTS) is 1. The molecule has 2 rings (SSSR count). The van der Waals surface area contributed by atoms with Gasteiger partial charge in [-0.05, 0) is 49.9 Å². The molecule has 0 heterocycles. The third-order valence-corrected chi connectivity index (χ3v) is 3.20. The maximum atomic E-state index is 12.3. The number of carbonyl (C=O) groups excluding carboxylic acids is 1. The maximum Gasteiger partial charge on any atom is 0.323 e. The Morgan fingerprint density at radius 3 is 2.45 bits per heavy atom. The van der Waals surface area contributed by atoms with Crippen molar-refractivity contribution in [3.05, 3.63) is 29.8 Å². The van der Waals surface area contributed by atoms with Crippen LogP contribution in [0.15, 0.2) is 24.3 Å². The molecule has 1 amide bonds. The van der Waals surface area contributed by atoms with Crippen LogP contribution in [0.25, 0.3) is 0 Å². The molecular formula is C15H19NO4. The van der Waals surface area contributed by atoms with Crippen molar-refractivity contribution >= 4 is 11.9 Å². The van der Waals surface area contributed by atoms with Crippen molar-refractivity contribution < 1.29 is 19.4 Å². The van der Waals surface area contributed by atoms with E-state index in [-0.39, 0.29) is 12.5 Å². The number of carboxylic acids is 1. The Kier molecular flexibility index (Phi) is 4.61. The van der Waals surface area contributed by atoms with Gasteiger partial charge < -0.3 is 14.7 Å². The minimum absolute atomic E-state index is 0.234. The second kappa shape index (κ2) is 6.41. The largest absolute Gasteiger partial charge is 0.494 e. The van der Waals surface area contributed by atoms with E-state index >= 15 is 0 Å². The maximum absolute atomic E-state index is 12.3. The summed E-state index contributed by atoms with van der Waals surface area (Å²) in [6.07, 6.45) is 2.15. The molecule has 5 nitrogen and oxygen atoms in total. The Labute approximate surface area is 118 Å². The monoisotopic (exact) mass is 277 g/mol. The molecule has 5 heteroatoms. The van der Waals surface area contributed by atoms with Crippen LogP contribution < -0.4 is 4.74 Å². The molecule has 0 atom stereocenters. The van der Waals surface area contributed by atoms with Crippen LogP contribution in [-0.4, -0.2) is 41.6 Å². The van der Waals surface area contributed by atoms with Crippen molar-refractivity contribution in [3.8, 4) is 5.75 Å². The van der Waals surface area contributed by atoms with Gasteiger partial charge in [-0.2, -0.15) is 0 Å². The van der Waals surface area contributed by atoms with E-state index in [1.807, 2.05) is 6.92 Å². The molecule has 0 radical (unpaired) electrons. The van der Waals surface area contributed by atoms with Gasteiger partial charge in [-0.25, -0.2) is 0 Å². The normalized spacial score (nSPS) is 13.8. The number of rotatable bonds is 7. The number of hydrogen-bond donors (Lipinski definition) is 1. The van der Waals surface area contributed by atoms with Gasteiger partial charge in [0.2, 0.25) is 0 Å². The van der Waals surface area contributed by atoms with Crippen molar-refractivity contribution in [2.75, 3.05) is 19.7 Å². The van der Waals surface area contributed by atoms with E-state index in [1.54, 1.807) is 24.3 Å². The van der Waals surface area contributed by atoms with Crippen LogP contribution in [0.4, 0.5) is 0 Å². The summed E-state index contributed by atoms with van der Waals surface area (Å²) in [6.45, 7) is 2.74. The number of hydrogen-bond acceptors (Lipinski definition) is 3. The fourth-order valence-electron chi connectivity index (χ4n) is 2.04. The number of carbonyl (C=O) groups is 2.